The minimum atomic E-state index is 0.700. The molecule has 1 aliphatic rings. The van der Waals surface area contributed by atoms with Crippen LogP contribution in [0.5, 0.6) is 0 Å². The molecule has 5 rings (SSSR count). The minimum Gasteiger partial charge on any atom is -0.265 e. The predicted octanol–water partition coefficient (Wildman–Crippen LogP) is 3.25. The van der Waals surface area contributed by atoms with Gasteiger partial charge in [-0.2, -0.15) is 5.10 Å². The van der Waals surface area contributed by atoms with Gasteiger partial charge >= 0.3 is 0 Å². The maximum absolute atomic E-state index is 4.82. The zero-order valence-corrected chi connectivity index (χ0v) is 14.5. The summed E-state index contributed by atoms with van der Waals surface area (Å²) in [7, 11) is 1.91. The fraction of sp³-hybridized carbons (Fsp3) is 0.412. The summed E-state index contributed by atoms with van der Waals surface area (Å²) in [5.74, 6) is 1.51. The molecule has 122 valence electrons. The lowest BCUT2D eigenvalue weighted by Crippen LogP contribution is -2.11. The van der Waals surface area contributed by atoms with Crippen molar-refractivity contribution in [3.05, 3.63) is 29.0 Å². The Labute approximate surface area is 143 Å². The van der Waals surface area contributed by atoms with Crippen LogP contribution in [0.1, 0.15) is 30.2 Å². The Morgan fingerprint density at radius 3 is 3.08 bits per heavy atom. The first-order valence-electron chi connectivity index (χ1n) is 8.38. The van der Waals surface area contributed by atoms with E-state index < -0.39 is 0 Å². The van der Waals surface area contributed by atoms with Crippen LogP contribution in [-0.2, 0) is 19.9 Å². The molecule has 0 spiro atoms. The quantitative estimate of drug-likeness (QED) is 0.563. The Bertz CT molecular complexity index is 1060. The van der Waals surface area contributed by atoms with Gasteiger partial charge in [0.05, 0.1) is 5.39 Å². The largest absolute Gasteiger partial charge is 0.265 e. The van der Waals surface area contributed by atoms with Gasteiger partial charge in [0.25, 0.3) is 0 Å². The summed E-state index contributed by atoms with van der Waals surface area (Å²) >= 11 is 1.83. The molecule has 0 fully saturated rings. The topological polar surface area (TPSA) is 60.9 Å². The highest BCUT2D eigenvalue weighted by Crippen LogP contribution is 2.39. The zero-order chi connectivity index (χ0) is 16.3. The van der Waals surface area contributed by atoms with E-state index in [2.05, 4.69) is 22.1 Å². The van der Waals surface area contributed by atoms with Crippen molar-refractivity contribution in [2.24, 2.45) is 13.0 Å². The molecule has 0 saturated carbocycles. The normalized spacial score (nSPS) is 17.7. The van der Waals surface area contributed by atoms with Gasteiger partial charge in [0.1, 0.15) is 16.9 Å². The van der Waals surface area contributed by atoms with Crippen LogP contribution < -0.4 is 0 Å². The number of aryl methyl sites for hydroxylation is 2. The standard InChI is InChI=1S/C17H18N6S/c1-3-10-4-5-11-13(8-10)24-17-14(11)16-20-15(21-23(16)9-18-17)12-6-7-19-22(12)2/h6-7,9-10H,3-5,8H2,1-2H3/t10-/m0/s1. The molecule has 0 aliphatic heterocycles. The van der Waals surface area contributed by atoms with Crippen molar-refractivity contribution in [1.29, 1.82) is 0 Å². The van der Waals surface area contributed by atoms with Crippen LogP contribution in [0.3, 0.4) is 0 Å². The zero-order valence-electron chi connectivity index (χ0n) is 13.7. The van der Waals surface area contributed by atoms with Crippen LogP contribution in [0, 0.1) is 5.92 Å². The van der Waals surface area contributed by atoms with Crippen molar-refractivity contribution >= 4 is 27.2 Å². The first kappa shape index (κ1) is 14.1. The molecule has 4 heterocycles. The number of aromatic nitrogens is 6. The van der Waals surface area contributed by atoms with E-state index in [0.717, 1.165) is 28.5 Å². The molecule has 0 N–H and O–H groups in total. The van der Waals surface area contributed by atoms with Crippen molar-refractivity contribution in [2.45, 2.75) is 32.6 Å². The molecule has 1 atom stereocenters. The Hall–Kier alpha value is -2.28. The van der Waals surface area contributed by atoms with Gasteiger partial charge < -0.3 is 0 Å². The van der Waals surface area contributed by atoms with Crippen molar-refractivity contribution in [1.82, 2.24) is 29.4 Å². The summed E-state index contributed by atoms with van der Waals surface area (Å²) in [6, 6.07) is 1.94. The summed E-state index contributed by atoms with van der Waals surface area (Å²) in [5.41, 5.74) is 3.28. The second kappa shape index (κ2) is 5.11. The molecule has 0 saturated heterocycles. The molecule has 7 heteroatoms. The molecular formula is C17H18N6S. The Morgan fingerprint density at radius 1 is 1.38 bits per heavy atom. The van der Waals surface area contributed by atoms with E-state index in [4.69, 9.17) is 4.98 Å². The predicted molar refractivity (Wildman–Crippen MR) is 94.2 cm³/mol. The summed E-state index contributed by atoms with van der Waals surface area (Å²) in [6.45, 7) is 2.29. The molecule has 6 nitrogen and oxygen atoms in total. The van der Waals surface area contributed by atoms with E-state index in [-0.39, 0.29) is 0 Å². The smallest absolute Gasteiger partial charge is 0.200 e. The molecule has 1 aliphatic carbocycles. The summed E-state index contributed by atoms with van der Waals surface area (Å²) in [6.07, 6.45) is 8.38. The third-order valence-electron chi connectivity index (χ3n) is 5.12. The van der Waals surface area contributed by atoms with Crippen LogP contribution >= 0.6 is 11.3 Å². The summed E-state index contributed by atoms with van der Waals surface area (Å²) in [5, 5.41) is 10.0. The van der Waals surface area contributed by atoms with Crippen LogP contribution in [-0.4, -0.2) is 29.4 Å². The van der Waals surface area contributed by atoms with E-state index in [9.17, 15) is 0 Å². The average Bonchev–Trinajstić information content (AvgIpc) is 3.28. The van der Waals surface area contributed by atoms with Gasteiger partial charge in [0.15, 0.2) is 11.5 Å². The van der Waals surface area contributed by atoms with E-state index in [1.807, 2.05) is 29.0 Å². The molecule has 4 aromatic rings. The SMILES string of the molecule is CC[C@H]1CCc2c(sc3ncn4nc(-c5ccnn5C)nc4c23)C1. The number of rotatable bonds is 2. The maximum Gasteiger partial charge on any atom is 0.200 e. The number of hydrogen-bond acceptors (Lipinski definition) is 5. The first-order chi connectivity index (χ1) is 11.7. The first-order valence-corrected chi connectivity index (χ1v) is 9.20. The van der Waals surface area contributed by atoms with Crippen LogP contribution in [0.25, 0.3) is 27.4 Å². The Kier molecular flexibility index (Phi) is 3.00. The van der Waals surface area contributed by atoms with Crippen molar-refractivity contribution in [3.8, 4) is 11.5 Å². The van der Waals surface area contributed by atoms with Gasteiger partial charge in [0, 0.05) is 18.1 Å². The van der Waals surface area contributed by atoms with Gasteiger partial charge in [-0.25, -0.2) is 14.5 Å². The monoisotopic (exact) mass is 338 g/mol. The van der Waals surface area contributed by atoms with E-state index >= 15 is 0 Å². The van der Waals surface area contributed by atoms with Crippen molar-refractivity contribution in [3.63, 3.8) is 0 Å². The Balaban J connectivity index is 1.74. The molecule has 4 aromatic heterocycles. The lowest BCUT2D eigenvalue weighted by atomic mass is 9.86. The van der Waals surface area contributed by atoms with Crippen LogP contribution in [0.2, 0.25) is 0 Å². The van der Waals surface area contributed by atoms with Gasteiger partial charge in [-0.15, -0.1) is 16.4 Å². The molecule has 0 unspecified atom stereocenters. The minimum absolute atomic E-state index is 0.700. The molecule has 0 aromatic carbocycles. The lowest BCUT2D eigenvalue weighted by molar-refractivity contribution is 0.451. The number of thiophene rings is 1. The highest BCUT2D eigenvalue weighted by atomic mass is 32.1. The third-order valence-corrected chi connectivity index (χ3v) is 6.28. The average molecular weight is 338 g/mol. The highest BCUT2D eigenvalue weighted by molar-refractivity contribution is 7.19. The fourth-order valence-electron chi connectivity index (χ4n) is 3.69. The van der Waals surface area contributed by atoms with Crippen LogP contribution in [0.15, 0.2) is 18.6 Å². The van der Waals surface area contributed by atoms with E-state index in [1.54, 1.807) is 17.2 Å². The van der Waals surface area contributed by atoms with Crippen molar-refractivity contribution < 1.29 is 0 Å². The second-order valence-corrected chi connectivity index (χ2v) is 7.57. The van der Waals surface area contributed by atoms with Gasteiger partial charge in [-0.3, -0.25) is 4.68 Å². The fourth-order valence-corrected chi connectivity index (χ4v) is 4.99. The molecule has 0 amide bonds. The molecule has 24 heavy (non-hydrogen) atoms. The lowest BCUT2D eigenvalue weighted by Gasteiger charge is -2.20. The van der Waals surface area contributed by atoms with Gasteiger partial charge in [-0.1, -0.05) is 13.3 Å². The number of fused-ring (bicyclic) bond motifs is 5. The summed E-state index contributed by atoms with van der Waals surface area (Å²) in [4.78, 5) is 12.0. The van der Waals surface area contributed by atoms with Gasteiger partial charge in [-0.05, 0) is 36.8 Å². The Morgan fingerprint density at radius 2 is 2.29 bits per heavy atom. The van der Waals surface area contributed by atoms with Gasteiger partial charge in [0.2, 0.25) is 0 Å². The highest BCUT2D eigenvalue weighted by Gasteiger charge is 2.25. The van der Waals surface area contributed by atoms with E-state index in [0.29, 0.717) is 5.82 Å². The number of nitrogens with zero attached hydrogens (tertiary/aromatic N) is 6. The molecule has 0 bridgehead atoms. The van der Waals surface area contributed by atoms with E-state index in [1.165, 1.54) is 35.1 Å². The molecule has 0 radical (unpaired) electrons. The second-order valence-electron chi connectivity index (χ2n) is 6.49. The third kappa shape index (κ3) is 1.94. The maximum atomic E-state index is 4.82. The molecular weight excluding hydrogens is 320 g/mol. The number of hydrogen-bond donors (Lipinski definition) is 0. The summed E-state index contributed by atoms with van der Waals surface area (Å²) < 4.78 is 3.61. The van der Waals surface area contributed by atoms with Crippen molar-refractivity contribution in [2.75, 3.05) is 0 Å². The van der Waals surface area contributed by atoms with Crippen LogP contribution in [0.4, 0.5) is 0 Å².